The second-order valence-corrected chi connectivity index (χ2v) is 10.2. The third-order valence-corrected chi connectivity index (χ3v) is 6.96. The Hall–Kier alpha value is -5.56. The number of aromatic nitrogens is 5. The fraction of sp³-hybridized carbons (Fsp3) is 0.194. The van der Waals surface area contributed by atoms with Gasteiger partial charge in [0.25, 0.3) is 5.91 Å². The van der Waals surface area contributed by atoms with Crippen LogP contribution in [0.3, 0.4) is 0 Å². The molecule has 1 aliphatic heterocycles. The molecule has 13 heteroatoms. The molecule has 12 nitrogen and oxygen atoms in total. The van der Waals surface area contributed by atoms with Gasteiger partial charge in [-0.1, -0.05) is 0 Å². The summed E-state index contributed by atoms with van der Waals surface area (Å²) in [7, 11) is 3.35. The molecule has 0 saturated carbocycles. The average Bonchev–Trinajstić information content (AvgIpc) is 3.05. The highest BCUT2D eigenvalue weighted by atomic mass is 19.1. The van der Waals surface area contributed by atoms with Gasteiger partial charge in [-0.05, 0) is 54.6 Å². The van der Waals surface area contributed by atoms with Gasteiger partial charge in [-0.15, -0.1) is 0 Å². The van der Waals surface area contributed by atoms with Crippen LogP contribution in [0.2, 0.25) is 0 Å². The summed E-state index contributed by atoms with van der Waals surface area (Å²) < 4.78 is 20.0. The molecule has 3 amide bonds. The van der Waals surface area contributed by atoms with Crippen molar-refractivity contribution in [3.05, 3.63) is 84.7 Å². The zero-order valence-corrected chi connectivity index (χ0v) is 24.0. The van der Waals surface area contributed by atoms with Crippen LogP contribution in [-0.4, -0.2) is 82.2 Å². The van der Waals surface area contributed by atoms with Gasteiger partial charge in [0.05, 0.1) is 18.7 Å². The molecule has 2 N–H and O–H groups in total. The third-order valence-electron chi connectivity index (χ3n) is 6.96. The summed E-state index contributed by atoms with van der Waals surface area (Å²) in [6.07, 6.45) is 4.56. The summed E-state index contributed by atoms with van der Waals surface area (Å²) in [5, 5.41) is 5.42. The number of nitrogens with one attached hydrogen (secondary N) is 2. The standard InChI is InChI=1S/C31H28FN9O3/c1-40(2)30(42)19-5-8-22(9-6-19)36-31(43)38-25-10-7-20(17-34-25)28-37-24-16-21(23-4-3-11-33-27(23)32)18-35-26(24)29(39-28)41-12-14-44-15-13-41/h3-11,16-18H,12-15H2,1-2H3,(H2,34,36,38,43). The number of benzene rings is 1. The van der Waals surface area contributed by atoms with Gasteiger partial charge < -0.3 is 19.9 Å². The first-order valence-electron chi connectivity index (χ1n) is 13.8. The molecular weight excluding hydrogens is 565 g/mol. The van der Waals surface area contributed by atoms with E-state index in [0.717, 1.165) is 0 Å². The lowest BCUT2D eigenvalue weighted by Gasteiger charge is -2.28. The number of hydrogen-bond acceptors (Lipinski definition) is 9. The van der Waals surface area contributed by atoms with Crippen molar-refractivity contribution in [3.8, 4) is 22.5 Å². The van der Waals surface area contributed by atoms with Crippen LogP contribution in [0, 0.1) is 5.95 Å². The largest absolute Gasteiger partial charge is 0.378 e. The van der Waals surface area contributed by atoms with E-state index in [2.05, 4.69) is 30.5 Å². The molecule has 0 radical (unpaired) electrons. The number of pyridine rings is 3. The molecule has 5 heterocycles. The Balaban J connectivity index is 1.25. The van der Waals surface area contributed by atoms with E-state index >= 15 is 0 Å². The Morgan fingerprint density at radius 1 is 0.909 bits per heavy atom. The summed E-state index contributed by atoms with van der Waals surface area (Å²) in [6, 6.07) is 14.6. The van der Waals surface area contributed by atoms with Gasteiger partial charge in [0.15, 0.2) is 11.6 Å². The van der Waals surface area contributed by atoms with Gasteiger partial charge in [-0.25, -0.2) is 24.7 Å². The lowest BCUT2D eigenvalue weighted by Crippen LogP contribution is -2.37. The monoisotopic (exact) mass is 593 g/mol. The molecule has 0 unspecified atom stereocenters. The van der Waals surface area contributed by atoms with Gasteiger partial charge in [0, 0.05) is 73.7 Å². The minimum atomic E-state index is -0.593. The van der Waals surface area contributed by atoms with E-state index in [0.29, 0.717) is 82.7 Å². The normalized spacial score (nSPS) is 13.0. The quantitative estimate of drug-likeness (QED) is 0.273. The van der Waals surface area contributed by atoms with E-state index in [-0.39, 0.29) is 5.91 Å². The molecule has 222 valence electrons. The van der Waals surface area contributed by atoms with E-state index in [1.54, 1.807) is 81.1 Å². The zero-order chi connectivity index (χ0) is 30.6. The topological polar surface area (TPSA) is 138 Å². The van der Waals surface area contributed by atoms with E-state index in [9.17, 15) is 14.0 Å². The van der Waals surface area contributed by atoms with Gasteiger partial charge in [0.1, 0.15) is 11.3 Å². The number of anilines is 3. The highest BCUT2D eigenvalue weighted by Gasteiger charge is 2.20. The lowest BCUT2D eigenvalue weighted by atomic mass is 10.1. The number of amides is 3. The number of rotatable bonds is 6. The van der Waals surface area contributed by atoms with Crippen LogP contribution in [-0.2, 0) is 4.74 Å². The summed E-state index contributed by atoms with van der Waals surface area (Å²) in [5.74, 6) is 0.642. The highest BCUT2D eigenvalue weighted by Crippen LogP contribution is 2.30. The number of ether oxygens (including phenoxy) is 1. The summed E-state index contributed by atoms with van der Waals surface area (Å²) in [4.78, 5) is 50.6. The van der Waals surface area contributed by atoms with E-state index in [1.807, 2.05) is 0 Å². The Morgan fingerprint density at radius 3 is 2.39 bits per heavy atom. The number of nitrogens with zero attached hydrogens (tertiary/aromatic N) is 7. The van der Waals surface area contributed by atoms with Crippen LogP contribution in [0.1, 0.15) is 10.4 Å². The molecule has 0 aliphatic carbocycles. The number of urea groups is 1. The highest BCUT2D eigenvalue weighted by molar-refractivity contribution is 6.00. The van der Waals surface area contributed by atoms with Gasteiger partial charge in [-0.2, -0.15) is 4.39 Å². The summed E-state index contributed by atoms with van der Waals surface area (Å²) in [5.41, 5.74) is 3.65. The van der Waals surface area contributed by atoms with Crippen molar-refractivity contribution in [3.63, 3.8) is 0 Å². The van der Waals surface area contributed by atoms with E-state index in [1.165, 1.54) is 11.1 Å². The second kappa shape index (κ2) is 12.4. The maximum atomic E-state index is 14.5. The van der Waals surface area contributed by atoms with Crippen LogP contribution in [0.25, 0.3) is 33.5 Å². The summed E-state index contributed by atoms with van der Waals surface area (Å²) >= 11 is 0. The Morgan fingerprint density at radius 2 is 1.68 bits per heavy atom. The molecule has 44 heavy (non-hydrogen) atoms. The van der Waals surface area contributed by atoms with E-state index < -0.39 is 12.0 Å². The van der Waals surface area contributed by atoms with Crippen molar-refractivity contribution in [1.29, 1.82) is 0 Å². The van der Waals surface area contributed by atoms with Crippen LogP contribution in [0.15, 0.2) is 73.2 Å². The maximum Gasteiger partial charge on any atom is 0.324 e. The second-order valence-electron chi connectivity index (χ2n) is 10.2. The minimum Gasteiger partial charge on any atom is -0.378 e. The summed E-state index contributed by atoms with van der Waals surface area (Å²) in [6.45, 7) is 2.39. The van der Waals surface area contributed by atoms with Crippen LogP contribution in [0.4, 0.5) is 26.5 Å². The van der Waals surface area contributed by atoms with Crippen molar-refractivity contribution < 1.29 is 18.7 Å². The Bertz CT molecular complexity index is 1830. The van der Waals surface area contributed by atoms with Crippen molar-refractivity contribution in [2.45, 2.75) is 0 Å². The van der Waals surface area contributed by atoms with Crippen LogP contribution >= 0.6 is 0 Å². The Labute approximate surface area is 252 Å². The molecule has 4 aromatic heterocycles. The minimum absolute atomic E-state index is 0.128. The Kier molecular flexibility index (Phi) is 8.02. The first-order chi connectivity index (χ1) is 21.4. The average molecular weight is 594 g/mol. The fourth-order valence-corrected chi connectivity index (χ4v) is 4.71. The SMILES string of the molecule is CN(C)C(=O)c1ccc(NC(=O)Nc2ccc(-c3nc(N4CCOCC4)c4ncc(-c5cccnc5F)cc4n3)cn2)cc1. The number of halogens is 1. The third kappa shape index (κ3) is 6.13. The predicted octanol–water partition coefficient (Wildman–Crippen LogP) is 4.47. The molecule has 0 spiro atoms. The van der Waals surface area contributed by atoms with Gasteiger partial charge >= 0.3 is 6.03 Å². The predicted molar refractivity (Wildman–Crippen MR) is 164 cm³/mol. The first kappa shape index (κ1) is 28.6. The molecule has 0 atom stereocenters. The van der Waals surface area contributed by atoms with Crippen molar-refractivity contribution in [2.75, 3.05) is 55.9 Å². The number of carbonyl (C=O) groups excluding carboxylic acids is 2. The number of morpholine rings is 1. The van der Waals surface area contributed by atoms with E-state index in [4.69, 9.17) is 14.7 Å². The fourth-order valence-electron chi connectivity index (χ4n) is 4.71. The maximum absolute atomic E-state index is 14.5. The number of carbonyl (C=O) groups is 2. The zero-order valence-electron chi connectivity index (χ0n) is 24.0. The molecule has 1 aliphatic rings. The molecule has 1 aromatic carbocycles. The number of hydrogen-bond donors (Lipinski definition) is 2. The first-order valence-corrected chi connectivity index (χ1v) is 13.8. The smallest absolute Gasteiger partial charge is 0.324 e. The van der Waals surface area contributed by atoms with Crippen molar-refractivity contribution in [2.24, 2.45) is 0 Å². The molecule has 1 saturated heterocycles. The molecule has 0 bridgehead atoms. The van der Waals surface area contributed by atoms with Crippen LogP contribution < -0.4 is 15.5 Å². The van der Waals surface area contributed by atoms with Crippen LogP contribution in [0.5, 0.6) is 0 Å². The molecule has 5 aromatic rings. The number of fused-ring (bicyclic) bond motifs is 1. The molecule has 1 fully saturated rings. The van der Waals surface area contributed by atoms with Gasteiger partial charge in [-0.3, -0.25) is 15.1 Å². The van der Waals surface area contributed by atoms with Crippen molar-refractivity contribution >= 4 is 40.3 Å². The van der Waals surface area contributed by atoms with Crippen molar-refractivity contribution in [1.82, 2.24) is 29.8 Å². The molecular formula is C31H28FN9O3. The van der Waals surface area contributed by atoms with Gasteiger partial charge in [0.2, 0.25) is 5.95 Å². The lowest BCUT2D eigenvalue weighted by molar-refractivity contribution is 0.0827. The molecule has 6 rings (SSSR count).